The molecule has 3 aromatic heterocycles. The van der Waals surface area contributed by atoms with Gasteiger partial charge in [-0.2, -0.15) is 0 Å². The molecule has 180 valence electrons. The van der Waals surface area contributed by atoms with Crippen molar-refractivity contribution in [3.05, 3.63) is 58.3 Å². The average Bonchev–Trinajstić information content (AvgIpc) is 2.87. The Morgan fingerprint density at radius 3 is 3.00 bits per heavy atom. The predicted molar refractivity (Wildman–Crippen MR) is 128 cm³/mol. The lowest BCUT2D eigenvalue weighted by atomic mass is 10.0. The molecule has 1 unspecified atom stereocenters. The number of nitrogens with zero attached hydrogens (tertiary/aromatic N) is 4. The predicted octanol–water partition coefficient (Wildman–Crippen LogP) is 1.35. The third-order valence-corrected chi connectivity index (χ3v) is 6.75. The fourth-order valence-electron chi connectivity index (χ4n) is 4.81. The van der Waals surface area contributed by atoms with Crippen LogP contribution < -0.4 is 20.3 Å². The minimum absolute atomic E-state index is 0.0130. The van der Waals surface area contributed by atoms with Crippen LogP contribution in [-0.2, 0) is 19.5 Å². The van der Waals surface area contributed by atoms with Crippen molar-refractivity contribution in [1.82, 2.24) is 24.8 Å². The monoisotopic (exact) mass is 465 g/mol. The molecular formula is C25H31N5O4. The molecule has 5 heterocycles. The van der Waals surface area contributed by atoms with Crippen LogP contribution in [0.1, 0.15) is 24.1 Å². The summed E-state index contributed by atoms with van der Waals surface area (Å²) >= 11 is 0. The van der Waals surface area contributed by atoms with Crippen LogP contribution in [0.3, 0.4) is 0 Å². The molecule has 9 heteroatoms. The third kappa shape index (κ3) is 4.91. The van der Waals surface area contributed by atoms with E-state index in [2.05, 4.69) is 26.3 Å². The minimum atomic E-state index is -0.485. The molecule has 0 bridgehead atoms. The Labute approximate surface area is 198 Å². The maximum absolute atomic E-state index is 12.5. The van der Waals surface area contributed by atoms with Gasteiger partial charge in [0, 0.05) is 44.4 Å². The molecule has 2 N–H and O–H groups in total. The van der Waals surface area contributed by atoms with Gasteiger partial charge in [-0.15, -0.1) is 0 Å². The van der Waals surface area contributed by atoms with Gasteiger partial charge in [0.2, 0.25) is 0 Å². The third-order valence-electron chi connectivity index (χ3n) is 6.75. The molecule has 3 aromatic rings. The second-order valence-electron chi connectivity index (χ2n) is 8.98. The molecule has 1 fully saturated rings. The average molecular weight is 466 g/mol. The quantitative estimate of drug-likeness (QED) is 0.539. The number of aliphatic hydroxyl groups is 1. The number of aryl methyl sites for hydroxylation is 1. The van der Waals surface area contributed by atoms with Crippen LogP contribution in [0.5, 0.6) is 11.5 Å². The number of β-amino-alcohol motifs (C(OH)–C–C–N with tert-alkyl or cyclic N) is 1. The van der Waals surface area contributed by atoms with Crippen LogP contribution in [-0.4, -0.2) is 70.0 Å². The van der Waals surface area contributed by atoms with Crippen molar-refractivity contribution in [1.29, 1.82) is 0 Å². The molecule has 5 rings (SSSR count). The molecule has 0 aliphatic carbocycles. The van der Waals surface area contributed by atoms with Gasteiger partial charge in [0.15, 0.2) is 0 Å². The van der Waals surface area contributed by atoms with Crippen molar-refractivity contribution in [2.45, 2.75) is 44.5 Å². The smallest absolute Gasteiger partial charge is 0.251 e. The highest BCUT2D eigenvalue weighted by atomic mass is 16.5. The first-order chi connectivity index (χ1) is 16.6. The second-order valence-corrected chi connectivity index (χ2v) is 8.98. The highest BCUT2D eigenvalue weighted by Crippen LogP contribution is 2.24. The number of aromatic nitrogens is 3. The van der Waals surface area contributed by atoms with Crippen LogP contribution >= 0.6 is 0 Å². The number of rotatable bonds is 7. The first kappa shape index (κ1) is 22.8. The topological polar surface area (TPSA) is 102 Å². The van der Waals surface area contributed by atoms with Gasteiger partial charge in [0.1, 0.15) is 11.5 Å². The van der Waals surface area contributed by atoms with Gasteiger partial charge in [0.05, 0.1) is 48.9 Å². The molecule has 1 saturated heterocycles. The lowest BCUT2D eigenvalue weighted by Crippen LogP contribution is -2.53. The van der Waals surface area contributed by atoms with Crippen molar-refractivity contribution in [2.75, 3.05) is 33.4 Å². The van der Waals surface area contributed by atoms with Gasteiger partial charge in [-0.25, -0.2) is 0 Å². The van der Waals surface area contributed by atoms with E-state index in [0.717, 1.165) is 54.9 Å². The number of aliphatic hydroxyl groups excluding tert-OH is 1. The van der Waals surface area contributed by atoms with Crippen molar-refractivity contribution in [2.24, 2.45) is 0 Å². The maximum atomic E-state index is 12.5. The lowest BCUT2D eigenvalue weighted by Gasteiger charge is -2.36. The summed E-state index contributed by atoms with van der Waals surface area (Å²) in [4.78, 5) is 23.6. The Morgan fingerprint density at radius 1 is 1.24 bits per heavy atom. The molecular weight excluding hydrogens is 434 g/mol. The summed E-state index contributed by atoms with van der Waals surface area (Å²) in [6, 6.07) is 7.25. The van der Waals surface area contributed by atoms with Crippen molar-refractivity contribution in [3.63, 3.8) is 0 Å². The Kier molecular flexibility index (Phi) is 6.75. The fraction of sp³-hybridized carbons (Fsp3) is 0.480. The summed E-state index contributed by atoms with van der Waals surface area (Å²) < 4.78 is 12.6. The van der Waals surface area contributed by atoms with Gasteiger partial charge in [0.25, 0.3) is 5.56 Å². The molecule has 2 atom stereocenters. The first-order valence-corrected chi connectivity index (χ1v) is 11.9. The highest BCUT2D eigenvalue weighted by molar-refractivity contribution is 5.75. The molecule has 0 aromatic carbocycles. The maximum Gasteiger partial charge on any atom is 0.251 e. The van der Waals surface area contributed by atoms with Gasteiger partial charge >= 0.3 is 0 Å². The Morgan fingerprint density at radius 2 is 2.15 bits per heavy atom. The number of methoxy groups -OCH3 is 1. The number of piperidine rings is 1. The summed E-state index contributed by atoms with van der Waals surface area (Å²) in [6.45, 7) is 3.99. The van der Waals surface area contributed by atoms with Gasteiger partial charge in [-0.05, 0) is 43.5 Å². The first-order valence-electron chi connectivity index (χ1n) is 11.9. The van der Waals surface area contributed by atoms with Gasteiger partial charge in [-0.3, -0.25) is 19.7 Å². The van der Waals surface area contributed by atoms with E-state index in [4.69, 9.17) is 9.47 Å². The van der Waals surface area contributed by atoms with Crippen LogP contribution in [0.25, 0.3) is 11.0 Å². The van der Waals surface area contributed by atoms with E-state index < -0.39 is 6.10 Å². The van der Waals surface area contributed by atoms with Crippen LogP contribution in [0, 0.1) is 0 Å². The Bertz CT molecular complexity index is 1210. The number of likely N-dealkylation sites (tertiary alicyclic amines) is 1. The van der Waals surface area contributed by atoms with E-state index in [-0.39, 0.29) is 11.6 Å². The van der Waals surface area contributed by atoms with E-state index >= 15 is 0 Å². The zero-order valence-corrected chi connectivity index (χ0v) is 19.4. The number of hydrogen-bond acceptors (Lipinski definition) is 8. The SMILES string of the molecule is COc1cnc2ccc(=O)n(CCN3CCC(NCc4cc5c(cn4)OCCC5)[C@H](O)C3)c2c1. The molecule has 0 radical (unpaired) electrons. The summed E-state index contributed by atoms with van der Waals surface area (Å²) in [5.41, 5.74) is 3.63. The van der Waals surface area contributed by atoms with E-state index in [1.165, 1.54) is 5.56 Å². The number of pyridine rings is 3. The van der Waals surface area contributed by atoms with E-state index in [1.807, 2.05) is 12.3 Å². The normalized spacial score (nSPS) is 20.6. The molecule has 9 nitrogen and oxygen atoms in total. The largest absolute Gasteiger partial charge is 0.495 e. The number of nitrogens with one attached hydrogen (secondary N) is 1. The van der Waals surface area contributed by atoms with Gasteiger partial charge in [-0.1, -0.05) is 0 Å². The fourth-order valence-corrected chi connectivity index (χ4v) is 4.81. The minimum Gasteiger partial charge on any atom is -0.495 e. The van der Waals surface area contributed by atoms with Crippen molar-refractivity contribution >= 4 is 11.0 Å². The Balaban J connectivity index is 1.17. The van der Waals surface area contributed by atoms with Crippen LogP contribution in [0.2, 0.25) is 0 Å². The summed E-state index contributed by atoms with van der Waals surface area (Å²) in [5.74, 6) is 1.51. The van der Waals surface area contributed by atoms with Crippen LogP contribution in [0.15, 0.2) is 41.5 Å². The zero-order chi connectivity index (χ0) is 23.5. The molecule has 2 aliphatic rings. The lowest BCUT2D eigenvalue weighted by molar-refractivity contribution is 0.0384. The summed E-state index contributed by atoms with van der Waals surface area (Å²) in [7, 11) is 1.59. The second kappa shape index (κ2) is 10.1. The van der Waals surface area contributed by atoms with Crippen molar-refractivity contribution in [3.8, 4) is 11.5 Å². The highest BCUT2D eigenvalue weighted by Gasteiger charge is 2.27. The van der Waals surface area contributed by atoms with Gasteiger partial charge < -0.3 is 24.5 Å². The zero-order valence-electron chi connectivity index (χ0n) is 19.4. The molecule has 0 saturated carbocycles. The Hall–Kier alpha value is -3.01. The molecule has 0 amide bonds. The molecule has 0 spiro atoms. The summed E-state index contributed by atoms with van der Waals surface area (Å²) in [6.07, 6.45) is 5.86. The van der Waals surface area contributed by atoms with Crippen LogP contribution in [0.4, 0.5) is 0 Å². The van der Waals surface area contributed by atoms with Crippen molar-refractivity contribution < 1.29 is 14.6 Å². The number of ether oxygens (including phenoxy) is 2. The van der Waals surface area contributed by atoms with E-state index in [9.17, 15) is 9.90 Å². The summed E-state index contributed by atoms with van der Waals surface area (Å²) in [5, 5.41) is 14.2. The molecule has 34 heavy (non-hydrogen) atoms. The van der Waals surface area contributed by atoms with E-state index in [1.54, 1.807) is 30.0 Å². The number of hydrogen-bond donors (Lipinski definition) is 2. The van der Waals surface area contributed by atoms with E-state index in [0.29, 0.717) is 31.9 Å². The number of fused-ring (bicyclic) bond motifs is 2. The molecule has 2 aliphatic heterocycles. The standard InChI is InChI=1S/C25H31N5O4/c1-33-19-12-22-20(28-14-19)4-5-25(32)30(22)9-8-29-7-6-21(23(31)16-29)27-13-18-11-17-3-2-10-34-24(17)15-26-18/h4-5,11-12,14-15,21,23,27,31H,2-3,6-10,13,16H2,1H3/t21?,23-/m1/s1.